The highest BCUT2D eigenvalue weighted by atomic mass is 16.5. The summed E-state index contributed by atoms with van der Waals surface area (Å²) in [4.78, 5) is 12.7. The van der Waals surface area contributed by atoms with Gasteiger partial charge in [0, 0.05) is 12.0 Å². The van der Waals surface area contributed by atoms with Crippen molar-refractivity contribution in [1.82, 2.24) is 0 Å². The third-order valence-electron chi connectivity index (χ3n) is 5.23. The lowest BCUT2D eigenvalue weighted by molar-refractivity contribution is -0.122. The first-order valence-electron chi connectivity index (χ1n) is 8.47. The number of hydrogen-bond donors (Lipinski definition) is 2. The molecule has 2 atom stereocenters. The minimum atomic E-state index is 0.0878. The van der Waals surface area contributed by atoms with Gasteiger partial charge in [0.2, 0.25) is 5.91 Å². The molecule has 2 aliphatic rings. The molecule has 2 aliphatic carbocycles. The fourth-order valence-corrected chi connectivity index (χ4v) is 4.09. The fourth-order valence-electron chi connectivity index (χ4n) is 4.09. The molecule has 1 aromatic rings. The Balaban J connectivity index is 1.68. The Hall–Kier alpha value is -1.55. The van der Waals surface area contributed by atoms with Gasteiger partial charge in [-0.1, -0.05) is 18.6 Å². The molecular formula is C18H26N2O2. The molecule has 120 valence electrons. The monoisotopic (exact) mass is 302 g/mol. The van der Waals surface area contributed by atoms with Gasteiger partial charge in [0.15, 0.2) is 0 Å². The van der Waals surface area contributed by atoms with Crippen LogP contribution in [0, 0.1) is 17.8 Å². The molecule has 0 aliphatic heterocycles. The van der Waals surface area contributed by atoms with E-state index in [2.05, 4.69) is 5.32 Å². The first-order chi connectivity index (χ1) is 10.7. The normalized spacial score (nSPS) is 30.6. The Bertz CT molecular complexity index is 518. The van der Waals surface area contributed by atoms with E-state index in [1.165, 1.54) is 19.3 Å². The predicted molar refractivity (Wildman–Crippen MR) is 87.8 cm³/mol. The molecule has 2 fully saturated rings. The third-order valence-corrected chi connectivity index (χ3v) is 5.23. The van der Waals surface area contributed by atoms with Crippen LogP contribution in [0.3, 0.4) is 0 Å². The molecular weight excluding hydrogens is 276 g/mol. The van der Waals surface area contributed by atoms with Crippen LogP contribution in [0.5, 0.6) is 5.75 Å². The lowest BCUT2D eigenvalue weighted by Crippen LogP contribution is -2.48. The highest BCUT2D eigenvalue weighted by molar-refractivity contribution is 5.94. The number of carbonyl (C=O) groups is 1. The van der Waals surface area contributed by atoms with E-state index >= 15 is 0 Å². The molecule has 2 unspecified atom stereocenters. The second kappa shape index (κ2) is 6.69. The Morgan fingerprint density at radius 1 is 1.27 bits per heavy atom. The molecule has 3 N–H and O–H groups in total. The summed E-state index contributed by atoms with van der Waals surface area (Å²) in [6.07, 6.45) is 5.49. The van der Waals surface area contributed by atoms with E-state index in [1.54, 1.807) is 0 Å². The van der Waals surface area contributed by atoms with Gasteiger partial charge in [0.05, 0.1) is 12.3 Å². The van der Waals surface area contributed by atoms with Crippen LogP contribution in [0.2, 0.25) is 0 Å². The van der Waals surface area contributed by atoms with Gasteiger partial charge in [-0.25, -0.2) is 0 Å². The van der Waals surface area contributed by atoms with Gasteiger partial charge in [-0.3, -0.25) is 4.79 Å². The Morgan fingerprint density at radius 2 is 1.95 bits per heavy atom. The molecule has 0 spiro atoms. The number of anilines is 1. The van der Waals surface area contributed by atoms with E-state index in [9.17, 15) is 4.79 Å². The van der Waals surface area contributed by atoms with Crippen LogP contribution >= 0.6 is 0 Å². The van der Waals surface area contributed by atoms with Crippen LogP contribution in [0.4, 0.5) is 5.69 Å². The number of amides is 1. The highest BCUT2D eigenvalue weighted by Gasteiger charge is 2.40. The van der Waals surface area contributed by atoms with Crippen molar-refractivity contribution in [1.29, 1.82) is 0 Å². The van der Waals surface area contributed by atoms with Crippen molar-refractivity contribution in [3.05, 3.63) is 24.3 Å². The molecule has 2 saturated carbocycles. The van der Waals surface area contributed by atoms with E-state index < -0.39 is 0 Å². The van der Waals surface area contributed by atoms with E-state index in [0.717, 1.165) is 24.3 Å². The molecule has 1 aromatic carbocycles. The van der Waals surface area contributed by atoms with Gasteiger partial charge in [0.25, 0.3) is 0 Å². The predicted octanol–water partition coefficient (Wildman–Crippen LogP) is 3.18. The standard InChI is InChI=1S/C18H26N2O2/c1-2-22-16-9-4-3-8-15(16)20-18(21)14-10-12-6-5-7-13(11-14)17(12)19/h3-4,8-9,12-14,17H,2,5-7,10-11,19H2,1H3,(H,20,21). The van der Waals surface area contributed by atoms with E-state index in [4.69, 9.17) is 10.5 Å². The molecule has 4 nitrogen and oxygen atoms in total. The molecule has 22 heavy (non-hydrogen) atoms. The third kappa shape index (κ3) is 3.12. The number of rotatable bonds is 4. The zero-order valence-electron chi connectivity index (χ0n) is 13.3. The topological polar surface area (TPSA) is 64.3 Å². The summed E-state index contributed by atoms with van der Waals surface area (Å²) in [6.45, 7) is 2.54. The lowest BCUT2D eigenvalue weighted by Gasteiger charge is -2.43. The van der Waals surface area contributed by atoms with Crippen molar-refractivity contribution in [2.45, 2.75) is 45.1 Å². The maximum atomic E-state index is 12.7. The van der Waals surface area contributed by atoms with Gasteiger partial charge in [0.1, 0.15) is 5.75 Å². The Labute approximate surface area is 132 Å². The van der Waals surface area contributed by atoms with Crippen molar-refractivity contribution in [2.75, 3.05) is 11.9 Å². The maximum absolute atomic E-state index is 12.7. The van der Waals surface area contributed by atoms with Crippen molar-refractivity contribution in [3.63, 3.8) is 0 Å². The van der Waals surface area contributed by atoms with E-state index in [1.807, 2.05) is 31.2 Å². The number of nitrogens with one attached hydrogen (secondary N) is 1. The number of nitrogens with two attached hydrogens (primary N) is 1. The number of fused-ring (bicyclic) bond motifs is 2. The number of carbonyl (C=O) groups excluding carboxylic acids is 1. The van der Waals surface area contributed by atoms with Crippen molar-refractivity contribution >= 4 is 11.6 Å². The largest absolute Gasteiger partial charge is 0.492 e. The SMILES string of the molecule is CCOc1ccccc1NC(=O)C1CC2CCCC(C1)C2N. The Kier molecular flexibility index (Phi) is 4.67. The van der Waals surface area contributed by atoms with Crippen LogP contribution in [-0.4, -0.2) is 18.6 Å². The first-order valence-corrected chi connectivity index (χ1v) is 8.47. The molecule has 2 bridgehead atoms. The Morgan fingerprint density at radius 3 is 2.64 bits per heavy atom. The van der Waals surface area contributed by atoms with Gasteiger partial charge in [-0.2, -0.15) is 0 Å². The van der Waals surface area contributed by atoms with Crippen LogP contribution < -0.4 is 15.8 Å². The number of benzene rings is 1. The molecule has 0 saturated heterocycles. The molecule has 0 aromatic heterocycles. The average molecular weight is 302 g/mol. The zero-order valence-corrected chi connectivity index (χ0v) is 13.3. The number of hydrogen-bond acceptors (Lipinski definition) is 3. The smallest absolute Gasteiger partial charge is 0.227 e. The summed E-state index contributed by atoms with van der Waals surface area (Å²) in [5.74, 6) is 1.99. The van der Waals surface area contributed by atoms with Crippen LogP contribution in [0.25, 0.3) is 0 Å². The molecule has 0 heterocycles. The minimum absolute atomic E-state index is 0.0878. The first kappa shape index (κ1) is 15.3. The van der Waals surface area contributed by atoms with E-state index in [0.29, 0.717) is 24.5 Å². The van der Waals surface area contributed by atoms with Crippen LogP contribution in [0.1, 0.15) is 39.0 Å². The van der Waals surface area contributed by atoms with Crippen LogP contribution in [-0.2, 0) is 4.79 Å². The van der Waals surface area contributed by atoms with Gasteiger partial charge in [-0.05, 0) is 56.6 Å². The fraction of sp³-hybridized carbons (Fsp3) is 0.611. The molecule has 0 radical (unpaired) electrons. The molecule has 3 rings (SSSR count). The summed E-state index contributed by atoms with van der Waals surface area (Å²) < 4.78 is 5.58. The second-order valence-electron chi connectivity index (χ2n) is 6.62. The highest BCUT2D eigenvalue weighted by Crippen LogP contribution is 2.42. The number of para-hydroxylation sites is 2. The average Bonchev–Trinajstić information content (AvgIpc) is 2.49. The summed E-state index contributed by atoms with van der Waals surface area (Å²) in [7, 11) is 0. The van der Waals surface area contributed by atoms with Crippen molar-refractivity contribution in [2.24, 2.45) is 23.5 Å². The van der Waals surface area contributed by atoms with Crippen molar-refractivity contribution in [3.8, 4) is 5.75 Å². The summed E-state index contributed by atoms with van der Waals surface area (Å²) in [6, 6.07) is 7.94. The minimum Gasteiger partial charge on any atom is -0.492 e. The van der Waals surface area contributed by atoms with Gasteiger partial charge in [-0.15, -0.1) is 0 Å². The summed E-state index contributed by atoms with van der Waals surface area (Å²) >= 11 is 0. The second-order valence-corrected chi connectivity index (χ2v) is 6.62. The lowest BCUT2D eigenvalue weighted by atomic mass is 9.65. The molecule has 1 amide bonds. The maximum Gasteiger partial charge on any atom is 0.227 e. The van der Waals surface area contributed by atoms with Crippen LogP contribution in [0.15, 0.2) is 24.3 Å². The molecule has 4 heteroatoms. The summed E-state index contributed by atoms with van der Waals surface area (Å²) in [5, 5.41) is 3.06. The van der Waals surface area contributed by atoms with Crippen molar-refractivity contribution < 1.29 is 9.53 Å². The summed E-state index contributed by atoms with van der Waals surface area (Å²) in [5.41, 5.74) is 7.08. The zero-order chi connectivity index (χ0) is 15.5. The number of ether oxygens (including phenoxy) is 1. The quantitative estimate of drug-likeness (QED) is 0.898. The van der Waals surface area contributed by atoms with Gasteiger partial charge >= 0.3 is 0 Å². The van der Waals surface area contributed by atoms with Gasteiger partial charge < -0.3 is 15.8 Å². The van der Waals surface area contributed by atoms with E-state index in [-0.39, 0.29) is 11.8 Å².